The molecular formula is C30H52O. The van der Waals surface area contributed by atoms with Gasteiger partial charge in [-0.2, -0.15) is 0 Å². The molecule has 5 aliphatic carbocycles. The van der Waals surface area contributed by atoms with E-state index in [1.165, 1.54) is 77.0 Å². The van der Waals surface area contributed by atoms with Crippen LogP contribution < -0.4 is 0 Å². The second-order valence-corrected chi connectivity index (χ2v) is 15.2. The quantitative estimate of drug-likeness (QED) is 0.445. The largest absolute Gasteiger partial charge is 0.396 e. The van der Waals surface area contributed by atoms with Crippen LogP contribution in [-0.2, 0) is 0 Å². The van der Waals surface area contributed by atoms with Gasteiger partial charge in [0.05, 0.1) is 0 Å². The number of hydrogen-bond donors (Lipinski definition) is 1. The molecule has 1 heteroatoms. The monoisotopic (exact) mass is 428 g/mol. The molecule has 10 atom stereocenters. The summed E-state index contributed by atoms with van der Waals surface area (Å²) in [7, 11) is 0. The van der Waals surface area contributed by atoms with Gasteiger partial charge in [0.25, 0.3) is 0 Å². The summed E-state index contributed by atoms with van der Waals surface area (Å²) in [6.07, 6.45) is 16.9. The van der Waals surface area contributed by atoms with E-state index in [1.807, 2.05) is 0 Å². The normalized spacial score (nSPS) is 61.5. The van der Waals surface area contributed by atoms with Crippen molar-refractivity contribution in [3.63, 3.8) is 0 Å². The lowest BCUT2D eigenvalue weighted by atomic mass is 9.30. The Labute approximate surface area is 193 Å². The molecule has 0 aromatic carbocycles. The number of aliphatic hydroxyl groups excluding tert-OH is 1. The first-order valence-electron chi connectivity index (χ1n) is 14.0. The Hall–Kier alpha value is -0.0400. The van der Waals surface area contributed by atoms with Crippen LogP contribution in [0.3, 0.4) is 0 Å². The molecule has 0 radical (unpaired) electrons. The van der Waals surface area contributed by atoms with Crippen molar-refractivity contribution in [1.82, 2.24) is 0 Å². The average Bonchev–Trinajstić information content (AvgIpc) is 2.73. The summed E-state index contributed by atoms with van der Waals surface area (Å²) in [5.74, 6) is 3.52. The van der Waals surface area contributed by atoms with E-state index in [2.05, 4.69) is 48.5 Å². The molecule has 31 heavy (non-hydrogen) atoms. The lowest BCUT2D eigenvalue weighted by molar-refractivity contribution is -0.259. The Morgan fingerprint density at radius 2 is 1.29 bits per heavy atom. The fourth-order valence-corrected chi connectivity index (χ4v) is 11.4. The third-order valence-corrected chi connectivity index (χ3v) is 14.1. The third-order valence-electron chi connectivity index (χ3n) is 14.1. The predicted molar refractivity (Wildman–Crippen MR) is 131 cm³/mol. The van der Waals surface area contributed by atoms with Crippen LogP contribution in [0.5, 0.6) is 0 Å². The fourth-order valence-electron chi connectivity index (χ4n) is 11.4. The molecule has 0 saturated heterocycles. The Balaban J connectivity index is 1.54. The zero-order valence-corrected chi connectivity index (χ0v) is 21.9. The fraction of sp³-hybridized carbons (Fsp3) is 1.00. The maximum atomic E-state index is 10.3. The molecule has 0 spiro atoms. The molecule has 1 nitrogen and oxygen atoms in total. The van der Waals surface area contributed by atoms with Crippen molar-refractivity contribution in [1.29, 1.82) is 0 Å². The topological polar surface area (TPSA) is 20.2 Å². The highest BCUT2D eigenvalue weighted by Crippen LogP contribution is 2.78. The van der Waals surface area contributed by atoms with Gasteiger partial charge >= 0.3 is 0 Å². The van der Waals surface area contributed by atoms with Gasteiger partial charge in [0, 0.05) is 6.61 Å². The zero-order valence-electron chi connectivity index (χ0n) is 21.9. The van der Waals surface area contributed by atoms with E-state index in [9.17, 15) is 5.11 Å². The summed E-state index contributed by atoms with van der Waals surface area (Å²) >= 11 is 0. The second-order valence-electron chi connectivity index (χ2n) is 15.2. The van der Waals surface area contributed by atoms with Gasteiger partial charge in [-0.25, -0.2) is 0 Å². The van der Waals surface area contributed by atoms with Gasteiger partial charge in [0.15, 0.2) is 0 Å². The zero-order chi connectivity index (χ0) is 22.5. The maximum Gasteiger partial charge on any atom is 0.0484 e. The van der Waals surface area contributed by atoms with E-state index < -0.39 is 0 Å². The van der Waals surface area contributed by atoms with E-state index in [4.69, 9.17) is 0 Å². The summed E-state index contributed by atoms with van der Waals surface area (Å²) in [5.41, 5.74) is 2.68. The third kappa shape index (κ3) is 2.77. The highest BCUT2D eigenvalue weighted by Gasteiger charge is 2.70. The summed E-state index contributed by atoms with van der Waals surface area (Å²) in [6.45, 7) is 18.9. The van der Waals surface area contributed by atoms with E-state index in [1.54, 1.807) is 0 Å². The lowest BCUT2D eigenvalue weighted by Crippen LogP contribution is -2.67. The molecular weight excluding hydrogens is 376 g/mol. The smallest absolute Gasteiger partial charge is 0.0484 e. The molecule has 5 saturated carbocycles. The van der Waals surface area contributed by atoms with E-state index >= 15 is 0 Å². The van der Waals surface area contributed by atoms with E-state index in [0.29, 0.717) is 33.7 Å². The van der Waals surface area contributed by atoms with Crippen molar-refractivity contribution in [2.45, 2.75) is 126 Å². The van der Waals surface area contributed by atoms with Crippen LogP contribution in [0.25, 0.3) is 0 Å². The minimum Gasteiger partial charge on any atom is -0.396 e. The van der Waals surface area contributed by atoms with Gasteiger partial charge < -0.3 is 5.11 Å². The molecule has 178 valence electrons. The molecule has 5 rings (SSSR count). The van der Waals surface area contributed by atoms with Crippen LogP contribution in [0.1, 0.15) is 126 Å². The van der Waals surface area contributed by atoms with Crippen molar-refractivity contribution >= 4 is 0 Å². The highest BCUT2D eigenvalue weighted by molar-refractivity contribution is 5.19. The summed E-state index contributed by atoms with van der Waals surface area (Å²) < 4.78 is 0. The van der Waals surface area contributed by atoms with Crippen molar-refractivity contribution in [2.75, 3.05) is 6.61 Å². The molecule has 0 aromatic rings. The second kappa shape index (κ2) is 6.76. The van der Waals surface area contributed by atoms with Crippen molar-refractivity contribution in [2.24, 2.45) is 56.2 Å². The molecule has 10 unspecified atom stereocenters. The Bertz CT molecular complexity index is 730. The molecule has 5 fully saturated rings. The van der Waals surface area contributed by atoms with Crippen LogP contribution in [0, 0.1) is 56.2 Å². The van der Waals surface area contributed by atoms with E-state index in [-0.39, 0.29) is 5.41 Å². The number of fused-ring (bicyclic) bond motifs is 7. The molecule has 0 bridgehead atoms. The lowest BCUT2D eigenvalue weighted by Gasteiger charge is -2.75. The van der Waals surface area contributed by atoms with Crippen LogP contribution in [-0.4, -0.2) is 11.7 Å². The van der Waals surface area contributed by atoms with Crippen LogP contribution >= 0.6 is 0 Å². The Morgan fingerprint density at radius 1 is 0.645 bits per heavy atom. The van der Waals surface area contributed by atoms with Crippen molar-refractivity contribution in [3.05, 3.63) is 0 Å². The van der Waals surface area contributed by atoms with Gasteiger partial charge in [-0.3, -0.25) is 0 Å². The van der Waals surface area contributed by atoms with E-state index in [0.717, 1.165) is 23.7 Å². The van der Waals surface area contributed by atoms with Gasteiger partial charge in [0.1, 0.15) is 0 Å². The maximum absolute atomic E-state index is 10.3. The SMILES string of the molecule is CC1CCCC2C1(C)CCC1C2(C)CCC2(C)C3CC(C)(CO)CCC3(C)CCC12C. The van der Waals surface area contributed by atoms with Crippen LogP contribution in [0.4, 0.5) is 0 Å². The van der Waals surface area contributed by atoms with Gasteiger partial charge in [-0.15, -0.1) is 0 Å². The predicted octanol–water partition coefficient (Wildman–Crippen LogP) is 8.25. The first kappa shape index (κ1) is 22.7. The van der Waals surface area contributed by atoms with Crippen molar-refractivity contribution in [3.8, 4) is 0 Å². The number of aliphatic hydroxyl groups is 1. The Morgan fingerprint density at radius 3 is 2.00 bits per heavy atom. The Kier molecular flexibility index (Phi) is 4.96. The summed E-state index contributed by atoms with van der Waals surface area (Å²) in [4.78, 5) is 0. The number of hydrogen-bond acceptors (Lipinski definition) is 1. The highest BCUT2D eigenvalue weighted by atomic mass is 16.3. The first-order valence-corrected chi connectivity index (χ1v) is 14.0. The summed E-state index contributed by atoms with van der Waals surface area (Å²) in [5, 5.41) is 10.3. The standard InChI is InChI=1S/C30H52O/c1-21-9-8-10-22-27(21,4)12-11-23-28(22,5)16-18-30(7)24-19-25(2,20-31)13-14-26(24,3)15-17-29(23,30)6/h21-24,31H,8-20H2,1-7H3. The molecule has 0 aromatic heterocycles. The van der Waals surface area contributed by atoms with Gasteiger partial charge in [0.2, 0.25) is 0 Å². The van der Waals surface area contributed by atoms with Crippen LogP contribution in [0.2, 0.25) is 0 Å². The molecule has 5 aliphatic rings. The minimum atomic E-state index is 0.149. The van der Waals surface area contributed by atoms with Crippen LogP contribution in [0.15, 0.2) is 0 Å². The average molecular weight is 429 g/mol. The molecule has 0 aliphatic heterocycles. The van der Waals surface area contributed by atoms with Gasteiger partial charge in [-0.05, 0) is 120 Å². The van der Waals surface area contributed by atoms with Crippen molar-refractivity contribution < 1.29 is 5.11 Å². The first-order chi connectivity index (χ1) is 14.4. The minimum absolute atomic E-state index is 0.149. The summed E-state index contributed by atoms with van der Waals surface area (Å²) in [6, 6.07) is 0. The molecule has 1 N–H and O–H groups in total. The number of rotatable bonds is 1. The molecule has 0 amide bonds. The molecule has 0 heterocycles. The van der Waals surface area contributed by atoms with Gasteiger partial charge in [-0.1, -0.05) is 61.3 Å².